The predicted molar refractivity (Wildman–Crippen MR) is 42.4 cm³/mol. The highest BCUT2D eigenvalue weighted by atomic mass is 16.4. The normalized spacial score (nSPS) is 31.7. The highest BCUT2D eigenvalue weighted by molar-refractivity contribution is 5.70. The van der Waals surface area contributed by atoms with Crippen LogP contribution in [0.25, 0.3) is 0 Å². The van der Waals surface area contributed by atoms with E-state index in [1.54, 1.807) is 0 Å². The summed E-state index contributed by atoms with van der Waals surface area (Å²) in [6.45, 7) is 2.94. The Labute approximate surface area is 66.8 Å². The van der Waals surface area contributed by atoms with Crippen molar-refractivity contribution in [3.05, 3.63) is 0 Å². The van der Waals surface area contributed by atoms with Gasteiger partial charge < -0.3 is 10.4 Å². The largest absolute Gasteiger partial charge is 0.481 e. The van der Waals surface area contributed by atoms with E-state index in [2.05, 4.69) is 12.2 Å². The molecule has 0 bridgehead atoms. The monoisotopic (exact) mass is 157 g/mol. The van der Waals surface area contributed by atoms with Gasteiger partial charge in [0.05, 0.1) is 5.92 Å². The lowest BCUT2D eigenvalue weighted by molar-refractivity contribution is -0.142. The van der Waals surface area contributed by atoms with E-state index >= 15 is 0 Å². The maximum Gasteiger partial charge on any atom is 0.306 e. The quantitative estimate of drug-likeness (QED) is 0.624. The van der Waals surface area contributed by atoms with Crippen molar-refractivity contribution >= 4 is 5.97 Å². The van der Waals surface area contributed by atoms with E-state index in [-0.39, 0.29) is 5.92 Å². The summed E-state index contributed by atoms with van der Waals surface area (Å²) < 4.78 is 0. The molecule has 2 unspecified atom stereocenters. The molecule has 64 valence electrons. The lowest BCUT2D eigenvalue weighted by Crippen LogP contribution is -2.39. The van der Waals surface area contributed by atoms with E-state index in [9.17, 15) is 4.79 Å². The summed E-state index contributed by atoms with van der Waals surface area (Å²) in [5, 5.41) is 12.0. The van der Waals surface area contributed by atoms with Crippen molar-refractivity contribution in [2.24, 2.45) is 5.92 Å². The molecule has 0 spiro atoms. The Balaban J connectivity index is 2.39. The number of nitrogens with one attached hydrogen (secondary N) is 1. The van der Waals surface area contributed by atoms with Crippen LogP contribution in [-0.2, 0) is 4.79 Å². The van der Waals surface area contributed by atoms with Gasteiger partial charge in [-0.1, -0.05) is 6.92 Å². The van der Waals surface area contributed by atoms with Crippen LogP contribution in [0.4, 0.5) is 0 Å². The van der Waals surface area contributed by atoms with Crippen molar-refractivity contribution in [3.8, 4) is 0 Å². The van der Waals surface area contributed by atoms with Gasteiger partial charge in [-0.3, -0.25) is 4.79 Å². The van der Waals surface area contributed by atoms with Gasteiger partial charge in [-0.15, -0.1) is 0 Å². The van der Waals surface area contributed by atoms with E-state index in [0.717, 1.165) is 25.8 Å². The van der Waals surface area contributed by atoms with E-state index in [1.807, 2.05) is 0 Å². The lowest BCUT2D eigenvalue weighted by Gasteiger charge is -2.26. The number of aliphatic carboxylic acids is 1. The molecule has 1 rings (SSSR count). The van der Waals surface area contributed by atoms with Gasteiger partial charge in [-0.25, -0.2) is 0 Å². The molecule has 0 aromatic heterocycles. The molecule has 1 heterocycles. The van der Waals surface area contributed by atoms with Crippen LogP contribution in [0.3, 0.4) is 0 Å². The van der Waals surface area contributed by atoms with Crippen LogP contribution in [0.2, 0.25) is 0 Å². The molecule has 1 aliphatic rings. The van der Waals surface area contributed by atoms with Gasteiger partial charge in [0.25, 0.3) is 0 Å². The molecule has 1 saturated heterocycles. The Kier molecular flexibility index (Phi) is 2.88. The molecule has 3 nitrogen and oxygen atoms in total. The Morgan fingerprint density at radius 2 is 2.45 bits per heavy atom. The zero-order chi connectivity index (χ0) is 8.27. The first-order valence-electron chi connectivity index (χ1n) is 4.20. The molecule has 2 atom stereocenters. The number of hydrogen-bond acceptors (Lipinski definition) is 2. The first-order chi connectivity index (χ1) is 5.24. The molecule has 3 heteroatoms. The van der Waals surface area contributed by atoms with Crippen molar-refractivity contribution in [3.63, 3.8) is 0 Å². The number of rotatable bonds is 2. The van der Waals surface area contributed by atoms with Crippen molar-refractivity contribution < 1.29 is 9.90 Å². The second-order valence-corrected chi connectivity index (χ2v) is 3.12. The van der Waals surface area contributed by atoms with Crippen LogP contribution < -0.4 is 5.32 Å². The second kappa shape index (κ2) is 3.72. The molecule has 0 amide bonds. The van der Waals surface area contributed by atoms with E-state index < -0.39 is 5.97 Å². The summed E-state index contributed by atoms with van der Waals surface area (Å²) in [6.07, 6.45) is 2.61. The molecular weight excluding hydrogens is 142 g/mol. The number of hydrogen-bond donors (Lipinski definition) is 2. The topological polar surface area (TPSA) is 49.3 Å². The molecule has 11 heavy (non-hydrogen) atoms. The highest BCUT2D eigenvalue weighted by Gasteiger charge is 2.24. The zero-order valence-corrected chi connectivity index (χ0v) is 6.84. The van der Waals surface area contributed by atoms with Gasteiger partial charge in [0.15, 0.2) is 0 Å². The smallest absolute Gasteiger partial charge is 0.306 e. The van der Waals surface area contributed by atoms with Gasteiger partial charge in [0, 0.05) is 6.04 Å². The second-order valence-electron chi connectivity index (χ2n) is 3.12. The molecule has 1 aliphatic heterocycles. The van der Waals surface area contributed by atoms with Crippen LogP contribution in [0.15, 0.2) is 0 Å². The molecule has 0 aliphatic carbocycles. The average molecular weight is 157 g/mol. The summed E-state index contributed by atoms with van der Waals surface area (Å²) >= 11 is 0. The number of piperidine rings is 1. The van der Waals surface area contributed by atoms with Gasteiger partial charge in [0.2, 0.25) is 0 Å². The third kappa shape index (κ3) is 2.19. The lowest BCUT2D eigenvalue weighted by atomic mass is 9.91. The minimum Gasteiger partial charge on any atom is -0.481 e. The Morgan fingerprint density at radius 3 is 3.00 bits per heavy atom. The van der Waals surface area contributed by atoms with Crippen molar-refractivity contribution in [1.29, 1.82) is 0 Å². The van der Waals surface area contributed by atoms with Gasteiger partial charge in [-0.2, -0.15) is 0 Å². The summed E-state index contributed by atoms with van der Waals surface area (Å²) in [4.78, 5) is 10.6. The fourth-order valence-corrected chi connectivity index (χ4v) is 1.54. The third-order valence-electron chi connectivity index (χ3n) is 2.34. The molecule has 0 aromatic rings. The number of carboxylic acid groups (broad SMARTS) is 1. The summed E-state index contributed by atoms with van der Waals surface area (Å²) in [5.74, 6) is -0.744. The molecule has 1 fully saturated rings. The number of carbonyl (C=O) groups is 1. The maximum atomic E-state index is 10.6. The maximum absolute atomic E-state index is 10.6. The fraction of sp³-hybridized carbons (Fsp3) is 0.875. The van der Waals surface area contributed by atoms with Crippen LogP contribution in [-0.4, -0.2) is 23.7 Å². The first-order valence-corrected chi connectivity index (χ1v) is 4.20. The zero-order valence-electron chi connectivity index (χ0n) is 6.84. The van der Waals surface area contributed by atoms with Crippen LogP contribution in [0.5, 0.6) is 0 Å². The van der Waals surface area contributed by atoms with Gasteiger partial charge in [-0.05, 0) is 25.8 Å². The molecule has 0 radical (unpaired) electrons. The van der Waals surface area contributed by atoms with E-state index in [1.165, 1.54) is 0 Å². The van der Waals surface area contributed by atoms with Crippen molar-refractivity contribution in [1.82, 2.24) is 5.32 Å². The Bertz CT molecular complexity index is 147. The predicted octanol–water partition coefficient (Wildman–Crippen LogP) is 0.849. The SMILES string of the molecule is CCC1CC(C(=O)O)CCN1. The number of carboxylic acids is 1. The van der Waals surface area contributed by atoms with E-state index in [0.29, 0.717) is 6.04 Å². The Morgan fingerprint density at radius 1 is 1.73 bits per heavy atom. The third-order valence-corrected chi connectivity index (χ3v) is 2.34. The molecule has 0 aromatic carbocycles. The van der Waals surface area contributed by atoms with Gasteiger partial charge in [0.1, 0.15) is 0 Å². The van der Waals surface area contributed by atoms with Crippen LogP contribution in [0, 0.1) is 5.92 Å². The van der Waals surface area contributed by atoms with Gasteiger partial charge >= 0.3 is 5.97 Å². The van der Waals surface area contributed by atoms with Crippen LogP contribution in [0.1, 0.15) is 26.2 Å². The highest BCUT2D eigenvalue weighted by Crippen LogP contribution is 2.17. The van der Waals surface area contributed by atoms with Crippen molar-refractivity contribution in [2.45, 2.75) is 32.2 Å². The summed E-state index contributed by atoms with van der Waals surface area (Å²) in [7, 11) is 0. The molecular formula is C8H15NO2. The summed E-state index contributed by atoms with van der Waals surface area (Å²) in [6, 6.07) is 0.421. The standard InChI is InChI=1S/C8H15NO2/c1-2-7-5-6(8(10)11)3-4-9-7/h6-7,9H,2-5H2,1H3,(H,10,11). The fourth-order valence-electron chi connectivity index (χ4n) is 1.54. The van der Waals surface area contributed by atoms with E-state index in [4.69, 9.17) is 5.11 Å². The molecule has 2 N–H and O–H groups in total. The minimum absolute atomic E-state index is 0.110. The Hall–Kier alpha value is -0.570. The van der Waals surface area contributed by atoms with Crippen LogP contribution >= 0.6 is 0 Å². The summed E-state index contributed by atoms with van der Waals surface area (Å²) in [5.41, 5.74) is 0. The first kappa shape index (κ1) is 8.53. The van der Waals surface area contributed by atoms with Crippen molar-refractivity contribution in [2.75, 3.05) is 6.54 Å². The molecule has 0 saturated carbocycles. The minimum atomic E-state index is -0.634. The average Bonchev–Trinajstić information content (AvgIpc) is 2.05.